The minimum atomic E-state index is -2.63. The maximum atomic E-state index is 8.84. The normalized spacial score (nSPS) is 17.1. The maximum absolute atomic E-state index is 8.84. The topological polar surface area (TPSA) is 12.9 Å². The second-order valence-corrected chi connectivity index (χ2v) is 18.3. The summed E-state index contributed by atoms with van der Waals surface area (Å²) in [5.41, 5.74) is 1.10. The van der Waals surface area contributed by atoms with Crippen LogP contribution in [-0.2, 0) is 6.37 Å². The third-order valence-electron chi connectivity index (χ3n) is 3.39. The van der Waals surface area contributed by atoms with Crippen molar-refractivity contribution in [3.8, 4) is 11.3 Å². The number of hydrogen-bond acceptors (Lipinski definition) is 1. The van der Waals surface area contributed by atoms with Crippen LogP contribution in [-0.4, -0.2) is 18.3 Å². The number of aryl methyl sites for hydroxylation is 1. The van der Waals surface area contributed by atoms with Gasteiger partial charge in [0.05, 0.1) is 0 Å². The molecule has 0 saturated heterocycles. The molecule has 0 unspecified atom stereocenters. The van der Waals surface area contributed by atoms with Gasteiger partial charge < -0.3 is 0 Å². The molecule has 2 heteroatoms. The molecule has 1 heterocycles. The fourth-order valence-electron chi connectivity index (χ4n) is 2.40. The van der Waals surface area contributed by atoms with E-state index in [1.165, 1.54) is 0 Å². The molecule has 118 valence electrons. The van der Waals surface area contributed by atoms with E-state index in [1.807, 2.05) is 57.2 Å². The standard InChI is InChI=1S/C20H29GeN/c1-15-18(21(5,6)7)13-17(14-20(2,3)4)19(22-15)16-11-9-8-10-12-16/h8-13H,14H2,1-7H3/i1D3,14D2. The van der Waals surface area contributed by atoms with Gasteiger partial charge in [-0.3, -0.25) is 0 Å². The number of rotatable bonds is 3. The molecule has 0 aliphatic rings. The van der Waals surface area contributed by atoms with E-state index in [0.29, 0.717) is 11.3 Å². The molecular weight excluding hydrogens is 327 g/mol. The molecule has 22 heavy (non-hydrogen) atoms. The van der Waals surface area contributed by atoms with Gasteiger partial charge in [0.1, 0.15) is 0 Å². The van der Waals surface area contributed by atoms with Crippen molar-refractivity contribution >= 4 is 17.7 Å². The van der Waals surface area contributed by atoms with Gasteiger partial charge in [0.25, 0.3) is 0 Å². The fraction of sp³-hybridized carbons (Fsp3) is 0.450. The molecule has 0 atom stereocenters. The fourth-order valence-corrected chi connectivity index (χ4v) is 5.22. The van der Waals surface area contributed by atoms with Gasteiger partial charge in [-0.15, -0.1) is 0 Å². The number of pyridine rings is 1. The molecular formula is C20H29GeN. The second-order valence-electron chi connectivity index (χ2n) is 7.77. The number of aromatic nitrogens is 1. The van der Waals surface area contributed by atoms with Crippen LogP contribution in [0.15, 0.2) is 36.4 Å². The Bertz CT molecular complexity index is 815. The summed E-state index contributed by atoms with van der Waals surface area (Å²) in [6.45, 7) is 3.25. The molecule has 0 spiro atoms. The van der Waals surface area contributed by atoms with Gasteiger partial charge in [-0.25, -0.2) is 0 Å². The van der Waals surface area contributed by atoms with E-state index in [9.17, 15) is 0 Å². The monoisotopic (exact) mass is 362 g/mol. The van der Waals surface area contributed by atoms with Crippen molar-refractivity contribution in [1.82, 2.24) is 4.98 Å². The quantitative estimate of drug-likeness (QED) is 0.686. The first-order valence-electron chi connectivity index (χ1n) is 10.2. The van der Waals surface area contributed by atoms with Crippen molar-refractivity contribution in [1.29, 1.82) is 0 Å². The zero-order chi connectivity index (χ0) is 20.8. The van der Waals surface area contributed by atoms with Crippen molar-refractivity contribution in [2.24, 2.45) is 5.41 Å². The van der Waals surface area contributed by atoms with E-state index in [4.69, 9.17) is 6.85 Å². The second kappa shape index (κ2) is 6.19. The molecule has 0 aliphatic heterocycles. The van der Waals surface area contributed by atoms with Crippen LogP contribution < -0.4 is 4.40 Å². The summed E-state index contributed by atoms with van der Waals surface area (Å²) < 4.78 is 42.5. The van der Waals surface area contributed by atoms with Gasteiger partial charge >= 0.3 is 145 Å². The number of hydrogen-bond donors (Lipinski definition) is 0. The van der Waals surface area contributed by atoms with Gasteiger partial charge in [0.2, 0.25) is 0 Å². The van der Waals surface area contributed by atoms with E-state index in [-0.39, 0.29) is 5.69 Å². The summed E-state index contributed by atoms with van der Waals surface area (Å²) in [6, 6.07) is 11.1. The Morgan fingerprint density at radius 2 is 1.77 bits per heavy atom. The Balaban J connectivity index is 2.97. The average molecular weight is 361 g/mol. The van der Waals surface area contributed by atoms with Crippen LogP contribution in [0.3, 0.4) is 0 Å². The molecule has 0 bridgehead atoms. The molecule has 1 nitrogen and oxygen atoms in total. The molecule has 0 N–H and O–H groups in total. The Kier molecular flexibility index (Phi) is 3.22. The summed E-state index contributed by atoms with van der Waals surface area (Å²) in [7, 11) is 0. The third kappa shape index (κ3) is 4.22. The van der Waals surface area contributed by atoms with Gasteiger partial charge in [-0.1, -0.05) is 0 Å². The van der Waals surface area contributed by atoms with E-state index < -0.39 is 31.9 Å². The Labute approximate surface area is 145 Å². The van der Waals surface area contributed by atoms with Crippen LogP contribution in [0.2, 0.25) is 17.3 Å². The van der Waals surface area contributed by atoms with Crippen LogP contribution in [0, 0.1) is 12.3 Å². The molecule has 0 saturated carbocycles. The van der Waals surface area contributed by atoms with Gasteiger partial charge in [-0.2, -0.15) is 0 Å². The average Bonchev–Trinajstić information content (AvgIpc) is 2.51. The van der Waals surface area contributed by atoms with E-state index in [2.05, 4.69) is 22.3 Å². The number of nitrogens with zero attached hydrogens (tertiary/aromatic N) is 1. The van der Waals surface area contributed by atoms with Gasteiger partial charge in [-0.05, 0) is 0 Å². The molecule has 0 fully saturated rings. The summed E-state index contributed by atoms with van der Waals surface area (Å²) in [6.07, 6.45) is -1.67. The Morgan fingerprint density at radius 1 is 1.14 bits per heavy atom. The summed E-state index contributed by atoms with van der Waals surface area (Å²) in [4.78, 5) is 4.60. The van der Waals surface area contributed by atoms with E-state index >= 15 is 0 Å². The van der Waals surface area contributed by atoms with Gasteiger partial charge in [0.15, 0.2) is 0 Å². The van der Waals surface area contributed by atoms with Crippen molar-refractivity contribution in [2.45, 2.75) is 51.3 Å². The summed E-state index contributed by atoms with van der Waals surface area (Å²) in [5, 5.41) is 0. The molecule has 2 rings (SSSR count). The van der Waals surface area contributed by atoms with Crippen LogP contribution in [0.5, 0.6) is 0 Å². The predicted molar refractivity (Wildman–Crippen MR) is 101 cm³/mol. The molecule has 2 aromatic rings. The van der Waals surface area contributed by atoms with Crippen LogP contribution >= 0.6 is 0 Å². The van der Waals surface area contributed by atoms with E-state index in [0.717, 1.165) is 9.96 Å². The Morgan fingerprint density at radius 3 is 2.27 bits per heavy atom. The van der Waals surface area contributed by atoms with Crippen molar-refractivity contribution in [3.63, 3.8) is 0 Å². The van der Waals surface area contributed by atoms with E-state index in [1.54, 1.807) is 0 Å². The van der Waals surface area contributed by atoms with Gasteiger partial charge in [0, 0.05) is 0 Å². The SMILES string of the molecule is [2H]C([2H])([2H])c1nc(-c2ccccc2)c(C([2H])([2H])C(C)(C)C)c[c]1[Ge]([CH3])([CH3])[CH3]. The summed E-state index contributed by atoms with van der Waals surface area (Å²) in [5.74, 6) is 6.35. The first-order valence-corrected chi connectivity index (χ1v) is 15.0. The zero-order valence-electron chi connectivity index (χ0n) is 19.4. The van der Waals surface area contributed by atoms with Crippen molar-refractivity contribution < 1.29 is 6.85 Å². The predicted octanol–water partition coefficient (Wildman–Crippen LogP) is 5.19. The third-order valence-corrected chi connectivity index (χ3v) is 7.58. The Hall–Kier alpha value is -1.09. The first kappa shape index (κ1) is 11.4. The van der Waals surface area contributed by atoms with Crippen LogP contribution in [0.1, 0.15) is 38.9 Å². The molecule has 0 amide bonds. The molecule has 1 aromatic carbocycles. The molecule has 1 aromatic heterocycles. The first-order chi connectivity index (χ1) is 12.1. The van der Waals surface area contributed by atoms with Crippen molar-refractivity contribution in [2.75, 3.05) is 0 Å². The zero-order valence-corrected chi connectivity index (χ0v) is 16.5. The summed E-state index contributed by atoms with van der Waals surface area (Å²) >= 11 is -2.63. The van der Waals surface area contributed by atoms with Crippen LogP contribution in [0.4, 0.5) is 0 Å². The number of benzene rings is 1. The molecule has 0 aliphatic carbocycles. The van der Waals surface area contributed by atoms with Crippen LogP contribution in [0.25, 0.3) is 11.3 Å². The van der Waals surface area contributed by atoms with Crippen molar-refractivity contribution in [3.05, 3.63) is 47.7 Å². The minimum absolute atomic E-state index is 0.127. The molecule has 0 radical (unpaired) electrons.